The number of methoxy groups -OCH3 is 1. The van der Waals surface area contributed by atoms with Gasteiger partial charge in [0.1, 0.15) is 11.8 Å². The van der Waals surface area contributed by atoms with Gasteiger partial charge in [0.15, 0.2) is 0 Å². The van der Waals surface area contributed by atoms with Gasteiger partial charge in [-0.1, -0.05) is 43.6 Å². The Morgan fingerprint density at radius 2 is 1.79 bits per heavy atom. The second-order valence-corrected chi connectivity index (χ2v) is 9.00. The van der Waals surface area contributed by atoms with Crippen LogP contribution in [0, 0.1) is 0 Å². The normalized spacial score (nSPS) is 13.4. The predicted octanol–water partition coefficient (Wildman–Crippen LogP) is 4.16. The van der Waals surface area contributed by atoms with Crippen LogP contribution in [0.5, 0.6) is 5.75 Å². The number of sulfonamides is 1. The van der Waals surface area contributed by atoms with Gasteiger partial charge in [-0.25, -0.2) is 8.42 Å². The Morgan fingerprint density at radius 1 is 1.14 bits per heavy atom. The van der Waals surface area contributed by atoms with Gasteiger partial charge in [0.05, 0.1) is 25.1 Å². The Hall–Kier alpha value is -2.25. The molecule has 158 valence electrons. The van der Waals surface area contributed by atoms with Gasteiger partial charge in [0, 0.05) is 5.02 Å². The van der Waals surface area contributed by atoms with E-state index in [2.05, 4.69) is 5.32 Å². The van der Waals surface area contributed by atoms with E-state index >= 15 is 0 Å². The summed E-state index contributed by atoms with van der Waals surface area (Å²) in [6.07, 6.45) is 2.06. The molecule has 0 heterocycles. The van der Waals surface area contributed by atoms with E-state index in [1.54, 1.807) is 38.3 Å². The molecule has 0 fully saturated rings. The van der Waals surface area contributed by atoms with Crippen LogP contribution >= 0.6 is 11.6 Å². The Bertz CT molecular complexity index is 932. The van der Waals surface area contributed by atoms with Crippen molar-refractivity contribution in [2.24, 2.45) is 0 Å². The molecule has 29 heavy (non-hydrogen) atoms. The summed E-state index contributed by atoms with van der Waals surface area (Å²) in [6.45, 7) is 3.74. The average molecular weight is 439 g/mol. The third-order valence-corrected chi connectivity index (χ3v) is 6.05. The van der Waals surface area contributed by atoms with Crippen molar-refractivity contribution < 1.29 is 17.9 Å². The van der Waals surface area contributed by atoms with E-state index in [1.165, 1.54) is 0 Å². The number of anilines is 1. The molecular weight excluding hydrogens is 412 g/mol. The van der Waals surface area contributed by atoms with Crippen LogP contribution in [0.15, 0.2) is 48.5 Å². The minimum atomic E-state index is -3.71. The number of benzene rings is 2. The maximum atomic E-state index is 13.1. The zero-order chi connectivity index (χ0) is 21.6. The fourth-order valence-corrected chi connectivity index (χ4v) is 4.59. The van der Waals surface area contributed by atoms with Crippen molar-refractivity contribution in [2.45, 2.75) is 38.8 Å². The monoisotopic (exact) mass is 438 g/mol. The number of carbonyl (C=O) groups is 1. The number of carbonyl (C=O) groups excluding carboxylic acids is 1. The van der Waals surface area contributed by atoms with Crippen molar-refractivity contribution in [1.29, 1.82) is 0 Å². The molecule has 0 aliphatic heterocycles. The molecule has 1 amide bonds. The molecule has 2 rings (SSSR count). The highest BCUT2D eigenvalue weighted by Gasteiger charge is 2.32. The van der Waals surface area contributed by atoms with Crippen LogP contribution in [-0.2, 0) is 14.8 Å². The standard InChI is InChI=1S/C21H27ClN2O4S/c1-5-19(15-10-12-18(28-3)13-11-15)23-21(25)20(6-2)24(29(4,26)27)17-9-7-8-16(22)14-17/h7-14,19-20H,5-6H2,1-4H3,(H,23,25)/t19-,20-/m0/s1. The third kappa shape index (κ3) is 5.87. The first-order valence-electron chi connectivity index (χ1n) is 9.40. The molecule has 0 aliphatic rings. The van der Waals surface area contributed by atoms with Crippen LogP contribution in [0.2, 0.25) is 5.02 Å². The first-order valence-corrected chi connectivity index (χ1v) is 11.6. The van der Waals surface area contributed by atoms with Gasteiger partial charge in [-0.3, -0.25) is 9.10 Å². The van der Waals surface area contributed by atoms with Crippen molar-refractivity contribution in [1.82, 2.24) is 5.32 Å². The molecule has 2 aromatic carbocycles. The summed E-state index contributed by atoms with van der Waals surface area (Å²) in [6, 6.07) is 12.8. The number of ether oxygens (including phenoxy) is 1. The molecule has 0 bridgehead atoms. The fraction of sp³-hybridized carbons (Fsp3) is 0.381. The zero-order valence-corrected chi connectivity index (χ0v) is 18.6. The average Bonchev–Trinajstić information content (AvgIpc) is 2.69. The summed E-state index contributed by atoms with van der Waals surface area (Å²) in [5.74, 6) is 0.367. The predicted molar refractivity (Wildman–Crippen MR) is 117 cm³/mol. The zero-order valence-electron chi connectivity index (χ0n) is 17.1. The summed E-state index contributed by atoms with van der Waals surface area (Å²) >= 11 is 6.05. The van der Waals surface area contributed by atoms with Crippen LogP contribution in [0.3, 0.4) is 0 Å². The van der Waals surface area contributed by atoms with Gasteiger partial charge in [-0.05, 0) is 48.7 Å². The summed E-state index contributed by atoms with van der Waals surface area (Å²) in [7, 11) is -2.12. The van der Waals surface area contributed by atoms with E-state index in [9.17, 15) is 13.2 Å². The lowest BCUT2D eigenvalue weighted by Gasteiger charge is -2.31. The number of hydrogen-bond donors (Lipinski definition) is 1. The maximum absolute atomic E-state index is 13.1. The summed E-state index contributed by atoms with van der Waals surface area (Å²) in [5, 5.41) is 3.39. The van der Waals surface area contributed by atoms with Crippen LogP contribution in [0.4, 0.5) is 5.69 Å². The largest absolute Gasteiger partial charge is 0.497 e. The summed E-state index contributed by atoms with van der Waals surface area (Å²) < 4.78 is 31.4. The molecule has 0 aliphatic carbocycles. The highest BCUT2D eigenvalue weighted by Crippen LogP contribution is 2.26. The molecular formula is C21H27ClN2O4S. The number of halogens is 1. The smallest absolute Gasteiger partial charge is 0.244 e. The molecule has 0 saturated heterocycles. The van der Waals surface area contributed by atoms with E-state index in [0.29, 0.717) is 23.6 Å². The molecule has 6 nitrogen and oxygen atoms in total. The Kier molecular flexibility index (Phi) is 7.93. The molecule has 0 radical (unpaired) electrons. The highest BCUT2D eigenvalue weighted by atomic mass is 35.5. The molecule has 0 aromatic heterocycles. The molecule has 0 unspecified atom stereocenters. The number of rotatable bonds is 9. The first kappa shape index (κ1) is 23.0. The highest BCUT2D eigenvalue weighted by molar-refractivity contribution is 7.92. The minimum Gasteiger partial charge on any atom is -0.497 e. The van der Waals surface area contributed by atoms with Gasteiger partial charge in [0.25, 0.3) is 0 Å². The van der Waals surface area contributed by atoms with Gasteiger partial charge >= 0.3 is 0 Å². The fourth-order valence-electron chi connectivity index (χ4n) is 3.20. The molecule has 8 heteroatoms. The Balaban J connectivity index is 2.32. The van der Waals surface area contributed by atoms with Gasteiger partial charge in [0.2, 0.25) is 15.9 Å². The second kappa shape index (κ2) is 9.98. The number of hydrogen-bond acceptors (Lipinski definition) is 4. The van der Waals surface area contributed by atoms with E-state index in [1.807, 2.05) is 31.2 Å². The lowest BCUT2D eigenvalue weighted by atomic mass is 10.0. The van der Waals surface area contributed by atoms with Crippen molar-refractivity contribution in [2.75, 3.05) is 17.7 Å². The SMILES string of the molecule is CC[C@H](NC(=O)[C@H](CC)N(c1cccc(Cl)c1)S(C)(=O)=O)c1ccc(OC)cc1. The summed E-state index contributed by atoms with van der Waals surface area (Å²) in [5.41, 5.74) is 1.28. The van der Waals surface area contributed by atoms with Gasteiger partial charge in [-0.2, -0.15) is 0 Å². The maximum Gasteiger partial charge on any atom is 0.244 e. The van der Waals surface area contributed by atoms with E-state index in [-0.39, 0.29) is 11.9 Å². The van der Waals surface area contributed by atoms with E-state index < -0.39 is 16.1 Å². The number of nitrogens with zero attached hydrogens (tertiary/aromatic N) is 1. The Labute approximate surface area is 177 Å². The first-order chi connectivity index (χ1) is 13.7. The molecule has 0 saturated carbocycles. The van der Waals surface area contributed by atoms with Crippen molar-refractivity contribution in [3.63, 3.8) is 0 Å². The van der Waals surface area contributed by atoms with Crippen molar-refractivity contribution in [3.05, 3.63) is 59.1 Å². The van der Waals surface area contributed by atoms with Gasteiger partial charge in [-0.15, -0.1) is 0 Å². The third-order valence-electron chi connectivity index (χ3n) is 4.64. The lowest BCUT2D eigenvalue weighted by Crippen LogP contribution is -2.50. The summed E-state index contributed by atoms with van der Waals surface area (Å²) in [4.78, 5) is 13.1. The Morgan fingerprint density at radius 3 is 2.28 bits per heavy atom. The minimum absolute atomic E-state index is 0.247. The lowest BCUT2D eigenvalue weighted by molar-refractivity contribution is -0.123. The molecule has 2 atom stereocenters. The quantitative estimate of drug-likeness (QED) is 0.637. The van der Waals surface area contributed by atoms with E-state index in [0.717, 1.165) is 21.9 Å². The molecule has 1 N–H and O–H groups in total. The number of nitrogens with one attached hydrogen (secondary N) is 1. The van der Waals surface area contributed by atoms with E-state index in [4.69, 9.17) is 16.3 Å². The molecule has 2 aromatic rings. The van der Waals surface area contributed by atoms with Crippen LogP contribution in [-0.4, -0.2) is 33.7 Å². The van der Waals surface area contributed by atoms with Gasteiger partial charge < -0.3 is 10.1 Å². The van der Waals surface area contributed by atoms with Crippen molar-refractivity contribution in [3.8, 4) is 5.75 Å². The molecule has 0 spiro atoms. The van der Waals surface area contributed by atoms with Crippen LogP contribution in [0.1, 0.15) is 38.3 Å². The van der Waals surface area contributed by atoms with Crippen molar-refractivity contribution >= 4 is 33.2 Å². The topological polar surface area (TPSA) is 75.7 Å². The number of amides is 1. The van der Waals surface area contributed by atoms with Crippen LogP contribution in [0.25, 0.3) is 0 Å². The van der Waals surface area contributed by atoms with Crippen LogP contribution < -0.4 is 14.4 Å². The second-order valence-electron chi connectivity index (χ2n) is 6.71.